The molecule has 1 aliphatic heterocycles. The Kier molecular flexibility index (Phi) is 5.34. The summed E-state index contributed by atoms with van der Waals surface area (Å²) in [7, 11) is 0. The van der Waals surface area contributed by atoms with Gasteiger partial charge in [0.2, 0.25) is 5.91 Å². The number of fused-ring (bicyclic) bond motifs is 3. The molecule has 3 aromatic heterocycles. The monoisotopic (exact) mass is 473 g/mol. The number of nitrogens with zero attached hydrogens (tertiary/aromatic N) is 5. The van der Waals surface area contributed by atoms with E-state index in [-0.39, 0.29) is 18.0 Å². The van der Waals surface area contributed by atoms with Gasteiger partial charge >= 0.3 is 6.18 Å². The topological polar surface area (TPSA) is 76.0 Å². The van der Waals surface area contributed by atoms with Crippen LogP contribution in [0.3, 0.4) is 0 Å². The molecule has 4 heterocycles. The first-order valence-corrected chi connectivity index (χ1v) is 10.9. The zero-order valence-electron chi connectivity index (χ0n) is 18.4. The van der Waals surface area contributed by atoms with E-state index in [0.717, 1.165) is 17.6 Å². The van der Waals surface area contributed by atoms with E-state index in [1.807, 2.05) is 11.8 Å². The van der Waals surface area contributed by atoms with Crippen molar-refractivity contribution in [3.63, 3.8) is 0 Å². The second-order valence-electron chi connectivity index (χ2n) is 8.18. The molecule has 1 saturated heterocycles. The number of piperazine rings is 1. The number of furan rings is 1. The van der Waals surface area contributed by atoms with Crippen LogP contribution < -0.4 is 10.5 Å². The first-order chi connectivity index (χ1) is 16.3. The summed E-state index contributed by atoms with van der Waals surface area (Å²) in [6.07, 6.45) is -2.31. The lowest BCUT2D eigenvalue weighted by atomic mass is 10.1. The number of rotatable bonds is 4. The third-order valence-corrected chi connectivity index (χ3v) is 6.14. The predicted octanol–water partition coefficient (Wildman–Crippen LogP) is 3.17. The second kappa shape index (κ2) is 8.23. The fourth-order valence-corrected chi connectivity index (χ4v) is 4.38. The van der Waals surface area contributed by atoms with Crippen molar-refractivity contribution in [1.29, 1.82) is 0 Å². The van der Waals surface area contributed by atoms with Gasteiger partial charge in [-0.2, -0.15) is 18.3 Å². The highest BCUT2D eigenvalue weighted by molar-refractivity contribution is 5.82. The van der Waals surface area contributed by atoms with Crippen LogP contribution in [0.5, 0.6) is 0 Å². The number of carbonyl (C=O) groups is 1. The van der Waals surface area contributed by atoms with E-state index >= 15 is 0 Å². The van der Waals surface area contributed by atoms with Gasteiger partial charge in [-0.05, 0) is 18.2 Å². The molecule has 0 radical (unpaired) electrons. The lowest BCUT2D eigenvalue weighted by molar-refractivity contribution is -0.137. The van der Waals surface area contributed by atoms with Crippen LogP contribution in [0.2, 0.25) is 0 Å². The van der Waals surface area contributed by atoms with Crippen LogP contribution in [-0.4, -0.2) is 51.2 Å². The summed E-state index contributed by atoms with van der Waals surface area (Å²) in [5.74, 6) is 0.369. The Hall–Kier alpha value is -3.76. The molecular weight excluding hydrogens is 451 g/mol. The maximum absolute atomic E-state index is 13.0. The summed E-state index contributed by atoms with van der Waals surface area (Å²) in [6.45, 7) is 3.17. The molecule has 11 heteroatoms. The standard InChI is InChI=1S/C23H22F3N5O3/c1-2-20-27-30(22(33)18-13-19-17(31(18)20)6-11-34-19)14-21(32)29-9-7-28(8-10-29)16-5-3-4-15(12-16)23(24,25)26/h3-6,11-13H,2,7-10,14H2,1H3. The fourth-order valence-electron chi connectivity index (χ4n) is 4.38. The Morgan fingerprint density at radius 2 is 1.85 bits per heavy atom. The van der Waals surface area contributed by atoms with Gasteiger partial charge in [-0.15, -0.1) is 0 Å². The van der Waals surface area contributed by atoms with Gasteiger partial charge in [0.05, 0.1) is 17.3 Å². The number of amides is 1. The molecule has 5 rings (SSSR count). The fraction of sp³-hybridized carbons (Fsp3) is 0.348. The maximum Gasteiger partial charge on any atom is 0.416 e. The number of anilines is 1. The quantitative estimate of drug-likeness (QED) is 0.455. The van der Waals surface area contributed by atoms with Crippen LogP contribution in [0.4, 0.5) is 18.9 Å². The first-order valence-electron chi connectivity index (χ1n) is 10.9. The Balaban J connectivity index is 1.31. The van der Waals surface area contributed by atoms with Gasteiger partial charge in [0.15, 0.2) is 5.58 Å². The van der Waals surface area contributed by atoms with Crippen molar-refractivity contribution in [2.45, 2.75) is 26.1 Å². The molecule has 34 heavy (non-hydrogen) atoms. The van der Waals surface area contributed by atoms with Crippen LogP contribution in [0.15, 0.2) is 51.9 Å². The number of carbonyl (C=O) groups excluding carboxylic acids is 1. The van der Waals surface area contributed by atoms with Crippen molar-refractivity contribution in [1.82, 2.24) is 19.1 Å². The van der Waals surface area contributed by atoms with E-state index in [1.54, 1.807) is 33.8 Å². The Morgan fingerprint density at radius 3 is 2.56 bits per heavy atom. The minimum absolute atomic E-state index is 0.210. The molecule has 1 aliphatic rings. The third kappa shape index (κ3) is 3.80. The predicted molar refractivity (Wildman–Crippen MR) is 119 cm³/mol. The van der Waals surface area contributed by atoms with E-state index in [2.05, 4.69) is 5.10 Å². The summed E-state index contributed by atoms with van der Waals surface area (Å²) in [5, 5.41) is 4.41. The largest absolute Gasteiger partial charge is 0.463 e. The van der Waals surface area contributed by atoms with Crippen molar-refractivity contribution in [2.24, 2.45) is 0 Å². The lowest BCUT2D eigenvalue weighted by Crippen LogP contribution is -2.50. The van der Waals surface area contributed by atoms with Gasteiger partial charge in [-0.1, -0.05) is 13.0 Å². The highest BCUT2D eigenvalue weighted by Gasteiger charge is 2.31. The highest BCUT2D eigenvalue weighted by Crippen LogP contribution is 2.32. The molecule has 0 aliphatic carbocycles. The van der Waals surface area contributed by atoms with Crippen molar-refractivity contribution >= 4 is 28.2 Å². The molecule has 0 N–H and O–H groups in total. The lowest BCUT2D eigenvalue weighted by Gasteiger charge is -2.36. The van der Waals surface area contributed by atoms with E-state index < -0.39 is 11.7 Å². The van der Waals surface area contributed by atoms with Gasteiger partial charge in [-0.3, -0.25) is 14.0 Å². The van der Waals surface area contributed by atoms with Crippen LogP contribution in [0.1, 0.15) is 18.3 Å². The number of hydrogen-bond acceptors (Lipinski definition) is 5. The van der Waals surface area contributed by atoms with Crippen LogP contribution >= 0.6 is 0 Å². The number of aryl methyl sites for hydroxylation is 1. The van der Waals surface area contributed by atoms with E-state index in [9.17, 15) is 22.8 Å². The summed E-state index contributed by atoms with van der Waals surface area (Å²) in [6, 6.07) is 8.59. The first kappa shape index (κ1) is 22.1. The Morgan fingerprint density at radius 1 is 1.09 bits per heavy atom. The zero-order chi connectivity index (χ0) is 24.0. The molecule has 4 aromatic rings. The smallest absolute Gasteiger partial charge is 0.416 e. The Bertz CT molecular complexity index is 1430. The number of hydrogen-bond donors (Lipinski definition) is 0. The molecule has 1 aromatic carbocycles. The molecule has 0 spiro atoms. The normalized spacial score (nSPS) is 14.9. The van der Waals surface area contributed by atoms with Gasteiger partial charge in [0, 0.05) is 50.4 Å². The van der Waals surface area contributed by atoms with E-state index in [4.69, 9.17) is 4.42 Å². The molecule has 178 valence electrons. The summed E-state index contributed by atoms with van der Waals surface area (Å²) in [5.41, 5.74) is 1.09. The van der Waals surface area contributed by atoms with Crippen molar-refractivity contribution < 1.29 is 22.4 Å². The molecule has 0 unspecified atom stereocenters. The maximum atomic E-state index is 13.0. The highest BCUT2D eigenvalue weighted by atomic mass is 19.4. The SMILES string of the molecule is CCc1nn(CC(=O)N2CCN(c3cccc(C(F)(F)F)c3)CC2)c(=O)c2cc3occc3n12. The average molecular weight is 473 g/mol. The summed E-state index contributed by atoms with van der Waals surface area (Å²) < 4.78 is 47.4. The van der Waals surface area contributed by atoms with Gasteiger partial charge in [-0.25, -0.2) is 4.68 Å². The zero-order valence-corrected chi connectivity index (χ0v) is 18.4. The minimum atomic E-state index is -4.41. The molecule has 1 fully saturated rings. The summed E-state index contributed by atoms with van der Waals surface area (Å²) in [4.78, 5) is 29.4. The molecule has 0 atom stereocenters. The average Bonchev–Trinajstić information content (AvgIpc) is 3.42. The van der Waals surface area contributed by atoms with Crippen molar-refractivity contribution in [2.75, 3.05) is 31.1 Å². The summed E-state index contributed by atoms with van der Waals surface area (Å²) >= 11 is 0. The van der Waals surface area contributed by atoms with Gasteiger partial charge in [0.1, 0.15) is 17.9 Å². The van der Waals surface area contributed by atoms with Gasteiger partial charge in [0.25, 0.3) is 5.56 Å². The van der Waals surface area contributed by atoms with Crippen LogP contribution in [-0.2, 0) is 23.9 Å². The Labute approximate surface area is 191 Å². The number of benzene rings is 1. The van der Waals surface area contributed by atoms with Gasteiger partial charge < -0.3 is 14.2 Å². The molecule has 0 saturated carbocycles. The number of alkyl halides is 3. The second-order valence-corrected chi connectivity index (χ2v) is 8.18. The minimum Gasteiger partial charge on any atom is -0.463 e. The molecule has 8 nitrogen and oxygen atoms in total. The number of halogens is 3. The molecule has 0 bridgehead atoms. The number of aromatic nitrogens is 3. The third-order valence-electron chi connectivity index (χ3n) is 6.14. The van der Waals surface area contributed by atoms with Crippen LogP contribution in [0.25, 0.3) is 16.6 Å². The van der Waals surface area contributed by atoms with Crippen LogP contribution in [0, 0.1) is 0 Å². The molecular formula is C23H22F3N5O3. The van der Waals surface area contributed by atoms with Crippen molar-refractivity contribution in [3.8, 4) is 0 Å². The van der Waals surface area contributed by atoms with E-state index in [1.165, 1.54) is 10.7 Å². The van der Waals surface area contributed by atoms with E-state index in [0.29, 0.717) is 55.2 Å². The molecule has 1 amide bonds. The van der Waals surface area contributed by atoms with Crippen molar-refractivity contribution in [3.05, 3.63) is 64.4 Å².